The molecule has 0 amide bonds. The summed E-state index contributed by atoms with van der Waals surface area (Å²) >= 11 is 1.41. The Hall–Kier alpha value is -0.230. The van der Waals surface area contributed by atoms with E-state index in [9.17, 15) is 4.79 Å². The Morgan fingerprint density at radius 2 is 2.50 bits per heavy atom. The van der Waals surface area contributed by atoms with Crippen LogP contribution < -0.4 is 5.32 Å². The molecule has 1 heterocycles. The predicted octanol–water partition coefficient (Wildman–Crippen LogP) is 1.21. The Balaban J connectivity index is 0.00000169. The molecular formula is C8H15BrN2O2S. The Kier molecular flexibility index (Phi) is 7.98. The first-order valence-electron chi connectivity index (χ1n) is 4.39. The van der Waals surface area contributed by atoms with E-state index in [1.807, 2.05) is 0 Å². The molecule has 0 atom stereocenters. The van der Waals surface area contributed by atoms with Gasteiger partial charge in [0.25, 0.3) is 0 Å². The van der Waals surface area contributed by atoms with Gasteiger partial charge in [-0.2, -0.15) is 0 Å². The number of halogens is 1. The summed E-state index contributed by atoms with van der Waals surface area (Å²) in [5.41, 5.74) is 0. The molecule has 0 aromatic heterocycles. The number of esters is 1. The maximum absolute atomic E-state index is 11.0. The summed E-state index contributed by atoms with van der Waals surface area (Å²) in [6, 6.07) is 0. The Labute approximate surface area is 98.6 Å². The minimum atomic E-state index is -0.178. The number of rotatable bonds is 3. The predicted molar refractivity (Wildman–Crippen MR) is 64.3 cm³/mol. The maximum atomic E-state index is 11.0. The van der Waals surface area contributed by atoms with Crippen LogP contribution in [-0.4, -0.2) is 36.6 Å². The third-order valence-corrected chi connectivity index (χ3v) is 2.43. The van der Waals surface area contributed by atoms with E-state index in [-0.39, 0.29) is 23.0 Å². The molecule has 1 aliphatic rings. The highest BCUT2D eigenvalue weighted by atomic mass is 79.9. The molecule has 14 heavy (non-hydrogen) atoms. The lowest BCUT2D eigenvalue weighted by Gasteiger charge is -2.12. The molecule has 1 N–H and O–H groups in total. The van der Waals surface area contributed by atoms with E-state index >= 15 is 0 Å². The van der Waals surface area contributed by atoms with Gasteiger partial charge >= 0.3 is 5.97 Å². The summed E-state index contributed by atoms with van der Waals surface area (Å²) < 4.78 is 4.79. The number of ether oxygens (including phenoxy) is 1. The average molecular weight is 283 g/mol. The van der Waals surface area contributed by atoms with Crippen molar-refractivity contribution in [2.45, 2.75) is 13.3 Å². The molecule has 1 rings (SSSR count). The minimum Gasteiger partial charge on any atom is -0.465 e. The smallest absolute Gasteiger partial charge is 0.316 e. The van der Waals surface area contributed by atoms with E-state index < -0.39 is 0 Å². The van der Waals surface area contributed by atoms with Gasteiger partial charge in [-0.3, -0.25) is 9.79 Å². The fourth-order valence-corrected chi connectivity index (χ4v) is 1.66. The fourth-order valence-electron chi connectivity index (χ4n) is 0.937. The number of hydrogen-bond acceptors (Lipinski definition) is 5. The second kappa shape index (κ2) is 8.11. The first-order chi connectivity index (χ1) is 6.33. The van der Waals surface area contributed by atoms with Crippen molar-refractivity contribution < 1.29 is 9.53 Å². The first kappa shape index (κ1) is 13.8. The van der Waals surface area contributed by atoms with Gasteiger partial charge < -0.3 is 10.1 Å². The average Bonchev–Trinajstić information content (AvgIpc) is 2.17. The fraction of sp³-hybridized carbons (Fsp3) is 0.750. The van der Waals surface area contributed by atoms with Gasteiger partial charge in [0.15, 0.2) is 5.17 Å². The number of nitrogens with zero attached hydrogens (tertiary/aromatic N) is 1. The molecule has 0 aromatic carbocycles. The van der Waals surface area contributed by atoms with E-state index in [0.717, 1.165) is 24.7 Å². The van der Waals surface area contributed by atoms with E-state index in [2.05, 4.69) is 10.3 Å². The molecule has 0 bridgehead atoms. The number of thioether (sulfide) groups is 1. The number of carbonyl (C=O) groups excluding carboxylic acids is 1. The van der Waals surface area contributed by atoms with Gasteiger partial charge in [0, 0.05) is 13.1 Å². The van der Waals surface area contributed by atoms with Gasteiger partial charge in [-0.25, -0.2) is 0 Å². The van der Waals surface area contributed by atoms with Crippen LogP contribution in [-0.2, 0) is 9.53 Å². The Morgan fingerprint density at radius 3 is 3.07 bits per heavy atom. The second-order valence-corrected chi connectivity index (χ2v) is 3.52. The summed E-state index contributed by atoms with van der Waals surface area (Å²) in [5, 5.41) is 3.98. The lowest BCUT2D eigenvalue weighted by atomic mass is 10.4. The van der Waals surface area contributed by atoms with E-state index in [4.69, 9.17) is 4.74 Å². The van der Waals surface area contributed by atoms with Gasteiger partial charge in [-0.05, 0) is 13.3 Å². The second-order valence-electron chi connectivity index (χ2n) is 2.56. The molecule has 0 radical (unpaired) electrons. The zero-order valence-electron chi connectivity index (χ0n) is 8.12. The maximum Gasteiger partial charge on any atom is 0.316 e. The third-order valence-electron chi connectivity index (χ3n) is 1.50. The number of aliphatic imine (C=N–C) groups is 1. The van der Waals surface area contributed by atoms with Crippen molar-refractivity contribution in [2.24, 2.45) is 4.99 Å². The van der Waals surface area contributed by atoms with Crippen LogP contribution in [0.5, 0.6) is 0 Å². The highest BCUT2D eigenvalue weighted by molar-refractivity contribution is 8.93. The molecule has 6 heteroatoms. The van der Waals surface area contributed by atoms with Crippen LogP contribution in [0.2, 0.25) is 0 Å². The van der Waals surface area contributed by atoms with Gasteiger partial charge in [-0.15, -0.1) is 17.0 Å². The molecule has 4 nitrogen and oxygen atoms in total. The number of nitrogens with one attached hydrogen (secondary N) is 1. The highest BCUT2D eigenvalue weighted by Gasteiger charge is 2.08. The lowest BCUT2D eigenvalue weighted by Crippen LogP contribution is -2.27. The molecule has 0 spiro atoms. The van der Waals surface area contributed by atoms with E-state index in [1.54, 1.807) is 6.92 Å². The molecule has 0 aliphatic carbocycles. The van der Waals surface area contributed by atoms with Crippen molar-refractivity contribution in [3.63, 3.8) is 0 Å². The molecule has 0 fully saturated rings. The van der Waals surface area contributed by atoms with Gasteiger partial charge in [0.2, 0.25) is 0 Å². The van der Waals surface area contributed by atoms with Crippen LogP contribution in [0, 0.1) is 0 Å². The minimum absolute atomic E-state index is 0. The number of carbonyl (C=O) groups is 1. The van der Waals surface area contributed by atoms with Gasteiger partial charge in [0.05, 0.1) is 12.4 Å². The molecule has 0 saturated carbocycles. The first-order valence-corrected chi connectivity index (χ1v) is 5.38. The van der Waals surface area contributed by atoms with Gasteiger partial charge in [0.1, 0.15) is 0 Å². The number of amidine groups is 1. The van der Waals surface area contributed by atoms with Crippen LogP contribution >= 0.6 is 28.7 Å². The molecule has 82 valence electrons. The zero-order chi connectivity index (χ0) is 9.52. The lowest BCUT2D eigenvalue weighted by molar-refractivity contribution is -0.139. The van der Waals surface area contributed by atoms with Crippen molar-refractivity contribution >= 4 is 39.9 Å². The summed E-state index contributed by atoms with van der Waals surface area (Å²) in [4.78, 5) is 15.2. The third kappa shape index (κ3) is 5.49. The van der Waals surface area contributed by atoms with Crippen LogP contribution in [0.15, 0.2) is 4.99 Å². The monoisotopic (exact) mass is 282 g/mol. The Bertz CT molecular complexity index is 212. The van der Waals surface area contributed by atoms with Crippen LogP contribution in [0.3, 0.4) is 0 Å². The Morgan fingerprint density at radius 1 is 1.71 bits per heavy atom. The van der Waals surface area contributed by atoms with Crippen molar-refractivity contribution in [2.75, 3.05) is 25.4 Å². The van der Waals surface area contributed by atoms with Crippen LogP contribution in [0.4, 0.5) is 0 Å². The normalized spacial score (nSPS) is 14.8. The summed E-state index contributed by atoms with van der Waals surface area (Å²) in [6.07, 6.45) is 1.07. The molecule has 1 aliphatic heterocycles. The molecule has 0 saturated heterocycles. The topological polar surface area (TPSA) is 50.7 Å². The molecule has 0 aromatic rings. The van der Waals surface area contributed by atoms with Crippen molar-refractivity contribution in [1.82, 2.24) is 5.32 Å². The molecule has 0 unspecified atom stereocenters. The SMILES string of the molecule is Br.CCOC(=O)CSC1=NCCCN1. The van der Waals surface area contributed by atoms with Crippen LogP contribution in [0.1, 0.15) is 13.3 Å². The van der Waals surface area contributed by atoms with Crippen LogP contribution in [0.25, 0.3) is 0 Å². The number of hydrogen-bond donors (Lipinski definition) is 1. The van der Waals surface area contributed by atoms with E-state index in [1.165, 1.54) is 11.8 Å². The van der Waals surface area contributed by atoms with Crippen molar-refractivity contribution in [3.8, 4) is 0 Å². The van der Waals surface area contributed by atoms with E-state index in [0.29, 0.717) is 12.4 Å². The zero-order valence-corrected chi connectivity index (χ0v) is 10.6. The summed E-state index contributed by atoms with van der Waals surface area (Å²) in [7, 11) is 0. The van der Waals surface area contributed by atoms with Crippen molar-refractivity contribution in [3.05, 3.63) is 0 Å². The highest BCUT2D eigenvalue weighted by Crippen LogP contribution is 2.05. The standard InChI is InChI=1S/C8H14N2O2S.BrH/c1-2-12-7(11)6-13-8-9-4-3-5-10-8;/h2-6H2,1H3,(H,9,10);1H. The molecular weight excluding hydrogens is 268 g/mol. The quantitative estimate of drug-likeness (QED) is 0.791. The van der Waals surface area contributed by atoms with Gasteiger partial charge in [-0.1, -0.05) is 11.8 Å². The largest absolute Gasteiger partial charge is 0.465 e. The summed E-state index contributed by atoms with van der Waals surface area (Å²) in [6.45, 7) is 4.06. The summed E-state index contributed by atoms with van der Waals surface area (Å²) in [5.74, 6) is 0.169. The van der Waals surface area contributed by atoms with Crippen molar-refractivity contribution in [1.29, 1.82) is 0 Å².